The van der Waals surface area contributed by atoms with Gasteiger partial charge in [-0.3, -0.25) is 9.36 Å². The van der Waals surface area contributed by atoms with E-state index in [9.17, 15) is 32.8 Å². The number of quaternary nitrogens is 1. The maximum atomic E-state index is 14.0. The molecule has 0 unspecified atom stereocenters. The number of carbonyl (C=O) groups is 2. The van der Waals surface area contributed by atoms with Crippen molar-refractivity contribution in [2.45, 2.75) is 50.9 Å². The minimum absolute atomic E-state index is 0.0357. The van der Waals surface area contributed by atoms with E-state index in [0.29, 0.717) is 53.7 Å². The van der Waals surface area contributed by atoms with Crippen molar-refractivity contribution in [3.05, 3.63) is 124 Å². The third-order valence-electron chi connectivity index (χ3n) is 8.75. The first kappa shape index (κ1) is 38.3. The number of nitrogens with one attached hydrogen (secondary N) is 2. The van der Waals surface area contributed by atoms with Crippen LogP contribution in [0.2, 0.25) is 0 Å². The Labute approximate surface area is 305 Å². The monoisotopic (exact) mass is 727 g/mol. The lowest BCUT2D eigenvalue weighted by molar-refractivity contribution is -0.862. The summed E-state index contributed by atoms with van der Waals surface area (Å²) in [6, 6.07) is 25.5. The number of rotatable bonds is 7. The van der Waals surface area contributed by atoms with Crippen LogP contribution in [0.4, 0.5) is 18.0 Å². The van der Waals surface area contributed by atoms with Crippen LogP contribution in [0.1, 0.15) is 42.5 Å². The number of alkyl halides is 3. The van der Waals surface area contributed by atoms with Crippen molar-refractivity contribution in [3.63, 3.8) is 0 Å². The Bertz CT molecular complexity index is 2110. The van der Waals surface area contributed by atoms with Gasteiger partial charge in [-0.25, -0.2) is 18.8 Å². The highest BCUT2D eigenvalue weighted by Crippen LogP contribution is 2.32. The summed E-state index contributed by atoms with van der Waals surface area (Å²) in [5, 5.41) is 19.6. The highest BCUT2D eigenvalue weighted by Gasteiger charge is 2.33. The number of aromatic nitrogens is 4. The zero-order valence-corrected chi connectivity index (χ0v) is 30.0. The summed E-state index contributed by atoms with van der Waals surface area (Å²) in [6.07, 6.45) is -0.788. The van der Waals surface area contributed by atoms with Gasteiger partial charge in [-0.1, -0.05) is 42.5 Å². The fourth-order valence-corrected chi connectivity index (χ4v) is 6.30. The van der Waals surface area contributed by atoms with Crippen molar-refractivity contribution in [3.8, 4) is 28.8 Å². The van der Waals surface area contributed by atoms with Crippen molar-refractivity contribution >= 4 is 11.9 Å². The maximum absolute atomic E-state index is 14.0. The molecule has 0 saturated heterocycles. The molecule has 2 aromatic heterocycles. The normalized spacial score (nSPS) is 15.8. The van der Waals surface area contributed by atoms with Crippen molar-refractivity contribution in [2.75, 3.05) is 27.7 Å². The number of hydrogen-bond acceptors (Lipinski definition) is 5. The second-order valence-corrected chi connectivity index (χ2v) is 13.9. The van der Waals surface area contributed by atoms with Gasteiger partial charge in [-0.05, 0) is 81.1 Å². The van der Waals surface area contributed by atoms with Crippen LogP contribution in [0, 0.1) is 18.3 Å². The quantitative estimate of drug-likeness (QED) is 0.197. The number of benzene rings is 3. The molecule has 14 heteroatoms. The number of likely N-dealkylation sites (N-methyl/N-ethyl adjacent to an activating group) is 1. The zero-order valence-electron chi connectivity index (χ0n) is 30.0. The van der Waals surface area contributed by atoms with Crippen LogP contribution in [0.5, 0.6) is 0 Å². The van der Waals surface area contributed by atoms with Crippen molar-refractivity contribution in [1.82, 2.24) is 29.5 Å². The third-order valence-corrected chi connectivity index (χ3v) is 8.75. The fourth-order valence-electron chi connectivity index (χ4n) is 6.30. The number of halogens is 3. The molecule has 6 rings (SSSR count). The number of amides is 2. The van der Waals surface area contributed by atoms with Gasteiger partial charge in [0.25, 0.3) is 5.91 Å². The van der Waals surface area contributed by atoms with Gasteiger partial charge in [0.15, 0.2) is 6.54 Å². The number of carbonyl (C=O) groups excluding carboxylic acids is 2. The van der Waals surface area contributed by atoms with E-state index in [1.165, 1.54) is 23.0 Å². The second kappa shape index (κ2) is 16.2. The predicted octanol–water partition coefficient (Wildman–Crippen LogP) is 6.07. The van der Waals surface area contributed by atoms with Gasteiger partial charge in [-0.2, -0.15) is 23.5 Å². The largest absolute Gasteiger partial charge is 0.416 e. The van der Waals surface area contributed by atoms with Gasteiger partial charge < -0.3 is 15.1 Å². The molecule has 2 heterocycles. The maximum Gasteiger partial charge on any atom is 0.416 e. The molecule has 0 spiro atoms. The Balaban J connectivity index is 0.000000820. The SMILES string of the molecule is Cc1c(-c2ccnn2-c2ccc(C#N)cc2)n(C(=O)NC2CCC(NC(=O)C[N+](C)(C)C)CC2)c(=O)n1-c1cccc(C(F)(F)F)c1.c1ccccc1. The topological polar surface area (TPSA) is 127 Å². The summed E-state index contributed by atoms with van der Waals surface area (Å²) in [4.78, 5) is 40.4. The number of imidazole rings is 1. The average molecular weight is 728 g/mol. The molecule has 2 amide bonds. The summed E-state index contributed by atoms with van der Waals surface area (Å²) in [5.41, 5.74) is -0.153. The van der Waals surface area contributed by atoms with Crippen LogP contribution in [0.3, 0.4) is 0 Å². The first-order valence-corrected chi connectivity index (χ1v) is 17.1. The molecule has 1 aliphatic rings. The Kier molecular flexibility index (Phi) is 11.7. The van der Waals surface area contributed by atoms with E-state index in [2.05, 4.69) is 15.7 Å². The minimum atomic E-state index is -4.64. The molecular formula is C39H42F3N8O3+. The zero-order chi connectivity index (χ0) is 38.3. The van der Waals surface area contributed by atoms with Gasteiger partial charge in [-0.15, -0.1) is 0 Å². The number of hydrogen-bond donors (Lipinski definition) is 2. The lowest BCUT2D eigenvalue weighted by Crippen LogP contribution is -2.50. The number of nitriles is 1. The Morgan fingerprint density at radius 3 is 2.00 bits per heavy atom. The summed E-state index contributed by atoms with van der Waals surface area (Å²) in [5.74, 6) is -0.0496. The van der Waals surface area contributed by atoms with Crippen LogP contribution in [-0.2, 0) is 11.0 Å². The average Bonchev–Trinajstić information content (AvgIpc) is 3.70. The Morgan fingerprint density at radius 1 is 0.868 bits per heavy atom. The molecule has 0 aliphatic heterocycles. The predicted molar refractivity (Wildman–Crippen MR) is 194 cm³/mol. The summed E-state index contributed by atoms with van der Waals surface area (Å²) >= 11 is 0. The Hall–Kier alpha value is -5.94. The molecule has 5 aromatic rings. The van der Waals surface area contributed by atoms with Gasteiger partial charge >= 0.3 is 17.9 Å². The van der Waals surface area contributed by atoms with Gasteiger partial charge in [0.1, 0.15) is 5.69 Å². The first-order chi connectivity index (χ1) is 25.2. The second-order valence-electron chi connectivity index (χ2n) is 13.9. The van der Waals surface area contributed by atoms with Crippen LogP contribution in [-0.4, -0.2) is 75.1 Å². The van der Waals surface area contributed by atoms with E-state index in [1.807, 2.05) is 63.6 Å². The van der Waals surface area contributed by atoms with Crippen molar-refractivity contribution in [2.24, 2.45) is 0 Å². The first-order valence-electron chi connectivity index (χ1n) is 17.1. The van der Waals surface area contributed by atoms with E-state index in [4.69, 9.17) is 0 Å². The molecule has 0 bridgehead atoms. The molecular weight excluding hydrogens is 685 g/mol. The molecule has 276 valence electrons. The highest BCUT2D eigenvalue weighted by molar-refractivity contribution is 5.83. The lowest BCUT2D eigenvalue weighted by atomic mass is 9.91. The minimum Gasteiger partial charge on any atom is -0.348 e. The van der Waals surface area contributed by atoms with Crippen LogP contribution in [0.25, 0.3) is 22.8 Å². The molecule has 0 atom stereocenters. The van der Waals surface area contributed by atoms with E-state index in [0.717, 1.165) is 21.3 Å². The molecule has 11 nitrogen and oxygen atoms in total. The van der Waals surface area contributed by atoms with Crippen LogP contribution >= 0.6 is 0 Å². The standard InChI is InChI=1S/C33H35F3N8O3.C6H6/c1-21-30(28-16-17-38-43(28)26-14-8-22(19-37)9-15-26)42(32(47)41(21)27-7-5-6-23(18-27)33(34,35)36)31(46)40-25-12-10-24(11-13-25)39-29(45)20-44(2,3)4;1-2-4-6-5-3-1/h5-9,14-18,24-25H,10-13,20H2,1-4H3,(H-,39,40,45,46);1-6H/p+1. The third kappa shape index (κ3) is 9.49. The van der Waals surface area contributed by atoms with E-state index >= 15 is 0 Å². The molecule has 3 aromatic carbocycles. The van der Waals surface area contributed by atoms with Gasteiger partial charge in [0, 0.05) is 12.1 Å². The molecule has 2 N–H and O–H groups in total. The molecule has 1 saturated carbocycles. The molecule has 53 heavy (non-hydrogen) atoms. The summed E-state index contributed by atoms with van der Waals surface area (Å²) in [6.45, 7) is 1.89. The fraction of sp³-hybridized carbons (Fsp3) is 0.308. The van der Waals surface area contributed by atoms with E-state index in [-0.39, 0.29) is 35.1 Å². The van der Waals surface area contributed by atoms with Gasteiger partial charge in [0.05, 0.1) is 67.3 Å². The van der Waals surface area contributed by atoms with Crippen molar-refractivity contribution < 1.29 is 27.2 Å². The molecule has 1 fully saturated rings. The van der Waals surface area contributed by atoms with E-state index < -0.39 is 23.5 Å². The van der Waals surface area contributed by atoms with Gasteiger partial charge in [0.2, 0.25) is 0 Å². The molecule has 0 radical (unpaired) electrons. The van der Waals surface area contributed by atoms with E-state index in [1.54, 1.807) is 37.3 Å². The summed E-state index contributed by atoms with van der Waals surface area (Å²) < 4.78 is 44.9. The van der Waals surface area contributed by atoms with Crippen LogP contribution in [0.15, 0.2) is 102 Å². The molecule has 1 aliphatic carbocycles. The summed E-state index contributed by atoms with van der Waals surface area (Å²) in [7, 11) is 5.80. The van der Waals surface area contributed by atoms with Crippen LogP contribution < -0.4 is 16.3 Å². The smallest absolute Gasteiger partial charge is 0.348 e. The lowest BCUT2D eigenvalue weighted by Gasteiger charge is -2.31. The Morgan fingerprint density at radius 2 is 1.45 bits per heavy atom. The highest BCUT2D eigenvalue weighted by atomic mass is 19.4. The number of nitrogens with zero attached hydrogens (tertiary/aromatic N) is 6. The van der Waals surface area contributed by atoms with Crippen molar-refractivity contribution in [1.29, 1.82) is 5.26 Å².